The lowest BCUT2D eigenvalue weighted by atomic mass is 10.00. The van der Waals surface area contributed by atoms with Crippen molar-refractivity contribution in [2.45, 2.75) is 6.42 Å². The van der Waals surface area contributed by atoms with Crippen LogP contribution in [0.4, 0.5) is 0 Å². The smallest absolute Gasteiger partial charge is 0.335 e. The molecule has 0 aliphatic rings. The summed E-state index contributed by atoms with van der Waals surface area (Å²) in [7, 11) is 0. The number of carboxylic acid groups (broad SMARTS) is 1. The second-order valence-electron chi connectivity index (χ2n) is 3.77. The summed E-state index contributed by atoms with van der Waals surface area (Å²) < 4.78 is 0. The van der Waals surface area contributed by atoms with Crippen molar-refractivity contribution in [1.29, 1.82) is 0 Å². The number of hydrogen-bond acceptors (Lipinski definition) is 1. The first kappa shape index (κ1) is 11.7. The van der Waals surface area contributed by atoms with Gasteiger partial charge in [0, 0.05) is 5.02 Å². The molecule has 0 saturated carbocycles. The summed E-state index contributed by atoms with van der Waals surface area (Å²) in [4.78, 5) is 11.1. The molecule has 0 atom stereocenters. The van der Waals surface area contributed by atoms with Crippen LogP contribution in [0.25, 0.3) is 0 Å². The van der Waals surface area contributed by atoms with Gasteiger partial charge in [-0.3, -0.25) is 0 Å². The standard InChI is InChI=1S/C14H11ClO2/c15-12-6-7-13(14(16)17)11(9-12)8-10-4-2-1-3-5-10/h1-7,9H,8H2,(H,16,17). The van der Waals surface area contributed by atoms with Crippen LogP contribution in [0.3, 0.4) is 0 Å². The molecule has 2 rings (SSSR count). The second-order valence-corrected chi connectivity index (χ2v) is 4.21. The van der Waals surface area contributed by atoms with Gasteiger partial charge in [0.2, 0.25) is 0 Å². The van der Waals surface area contributed by atoms with Gasteiger partial charge in [0.05, 0.1) is 5.56 Å². The molecule has 0 saturated heterocycles. The number of rotatable bonds is 3. The van der Waals surface area contributed by atoms with E-state index in [0.29, 0.717) is 17.0 Å². The third kappa shape index (κ3) is 2.86. The maximum Gasteiger partial charge on any atom is 0.335 e. The molecule has 3 heteroatoms. The first-order chi connectivity index (χ1) is 8.16. The highest BCUT2D eigenvalue weighted by atomic mass is 35.5. The number of halogens is 1. The van der Waals surface area contributed by atoms with Crippen LogP contribution >= 0.6 is 11.6 Å². The quantitative estimate of drug-likeness (QED) is 0.898. The molecule has 0 aliphatic carbocycles. The van der Waals surface area contributed by atoms with Crippen LogP contribution in [-0.2, 0) is 6.42 Å². The number of carboxylic acids is 1. The van der Waals surface area contributed by atoms with Gasteiger partial charge in [-0.15, -0.1) is 0 Å². The summed E-state index contributed by atoms with van der Waals surface area (Å²) in [5.41, 5.74) is 2.10. The fraction of sp³-hybridized carbons (Fsp3) is 0.0714. The lowest BCUT2D eigenvalue weighted by Gasteiger charge is -2.06. The van der Waals surface area contributed by atoms with Gasteiger partial charge in [0.15, 0.2) is 0 Å². The number of benzene rings is 2. The fourth-order valence-electron chi connectivity index (χ4n) is 1.73. The average molecular weight is 247 g/mol. The molecule has 0 unspecified atom stereocenters. The summed E-state index contributed by atoms with van der Waals surface area (Å²) >= 11 is 5.89. The third-order valence-electron chi connectivity index (χ3n) is 2.54. The van der Waals surface area contributed by atoms with E-state index in [2.05, 4.69) is 0 Å². The van der Waals surface area contributed by atoms with Gasteiger partial charge >= 0.3 is 5.97 Å². The van der Waals surface area contributed by atoms with E-state index in [9.17, 15) is 4.79 Å². The molecule has 17 heavy (non-hydrogen) atoms. The van der Waals surface area contributed by atoms with Gasteiger partial charge in [-0.05, 0) is 35.7 Å². The van der Waals surface area contributed by atoms with Crippen LogP contribution < -0.4 is 0 Å². The summed E-state index contributed by atoms with van der Waals surface area (Å²) in [5, 5.41) is 9.65. The number of aromatic carboxylic acids is 1. The van der Waals surface area contributed by atoms with Crippen molar-refractivity contribution in [1.82, 2.24) is 0 Å². The monoisotopic (exact) mass is 246 g/mol. The average Bonchev–Trinajstić information content (AvgIpc) is 2.30. The molecule has 0 aromatic heterocycles. The Labute approximate surface area is 104 Å². The van der Waals surface area contributed by atoms with E-state index in [-0.39, 0.29) is 0 Å². The second kappa shape index (κ2) is 5.02. The van der Waals surface area contributed by atoms with Gasteiger partial charge in [-0.25, -0.2) is 4.79 Å². The van der Waals surface area contributed by atoms with Crippen molar-refractivity contribution in [3.63, 3.8) is 0 Å². The SMILES string of the molecule is O=C(O)c1ccc(Cl)cc1Cc1ccccc1. The van der Waals surface area contributed by atoms with E-state index >= 15 is 0 Å². The Kier molecular flexibility index (Phi) is 3.45. The van der Waals surface area contributed by atoms with E-state index < -0.39 is 5.97 Å². The Morgan fingerprint density at radius 2 is 1.82 bits per heavy atom. The molecular weight excluding hydrogens is 236 g/mol. The molecule has 2 nitrogen and oxygen atoms in total. The zero-order valence-electron chi connectivity index (χ0n) is 9.06. The van der Waals surface area contributed by atoms with Crippen LogP contribution in [0, 0.1) is 0 Å². The largest absolute Gasteiger partial charge is 0.478 e. The van der Waals surface area contributed by atoms with Crippen molar-refractivity contribution >= 4 is 17.6 Å². The van der Waals surface area contributed by atoms with Gasteiger partial charge < -0.3 is 5.11 Å². The first-order valence-corrected chi connectivity index (χ1v) is 5.60. The highest BCUT2D eigenvalue weighted by Crippen LogP contribution is 2.19. The van der Waals surface area contributed by atoms with Crippen LogP contribution in [0.2, 0.25) is 5.02 Å². The Bertz CT molecular complexity index is 535. The van der Waals surface area contributed by atoms with Crippen molar-refractivity contribution in [3.8, 4) is 0 Å². The Morgan fingerprint density at radius 1 is 1.12 bits per heavy atom. The zero-order chi connectivity index (χ0) is 12.3. The molecule has 0 bridgehead atoms. The van der Waals surface area contributed by atoms with Crippen molar-refractivity contribution in [3.05, 3.63) is 70.2 Å². The topological polar surface area (TPSA) is 37.3 Å². The molecule has 86 valence electrons. The Balaban J connectivity index is 2.37. The highest BCUT2D eigenvalue weighted by Gasteiger charge is 2.10. The molecule has 2 aromatic carbocycles. The normalized spacial score (nSPS) is 10.2. The van der Waals surface area contributed by atoms with Gasteiger partial charge in [-0.2, -0.15) is 0 Å². The van der Waals surface area contributed by atoms with E-state index in [1.165, 1.54) is 0 Å². The van der Waals surface area contributed by atoms with Crippen LogP contribution in [-0.4, -0.2) is 11.1 Å². The fourth-order valence-corrected chi connectivity index (χ4v) is 1.93. The predicted octanol–water partition coefficient (Wildman–Crippen LogP) is 3.63. The van der Waals surface area contributed by atoms with Gasteiger partial charge in [-0.1, -0.05) is 41.9 Å². The summed E-state index contributed by atoms with van der Waals surface area (Å²) in [6.07, 6.45) is 0.572. The summed E-state index contributed by atoms with van der Waals surface area (Å²) in [5.74, 6) is -0.924. The highest BCUT2D eigenvalue weighted by molar-refractivity contribution is 6.30. The molecule has 2 aromatic rings. The summed E-state index contributed by atoms with van der Waals surface area (Å²) in [6.45, 7) is 0. The van der Waals surface area contributed by atoms with Crippen molar-refractivity contribution < 1.29 is 9.90 Å². The zero-order valence-corrected chi connectivity index (χ0v) is 9.82. The van der Waals surface area contributed by atoms with E-state index in [0.717, 1.165) is 11.1 Å². The molecule has 1 N–H and O–H groups in total. The van der Waals surface area contributed by atoms with Crippen LogP contribution in [0.1, 0.15) is 21.5 Å². The number of carbonyl (C=O) groups is 1. The minimum atomic E-state index is -0.924. The van der Waals surface area contributed by atoms with Crippen LogP contribution in [0.15, 0.2) is 48.5 Å². The lowest BCUT2D eigenvalue weighted by molar-refractivity contribution is 0.0696. The maximum atomic E-state index is 11.1. The van der Waals surface area contributed by atoms with E-state index in [4.69, 9.17) is 16.7 Å². The van der Waals surface area contributed by atoms with Crippen molar-refractivity contribution in [2.75, 3.05) is 0 Å². The minimum Gasteiger partial charge on any atom is -0.478 e. The van der Waals surface area contributed by atoms with E-state index in [1.54, 1.807) is 18.2 Å². The minimum absolute atomic E-state index is 0.304. The summed E-state index contributed by atoms with van der Waals surface area (Å²) in [6, 6.07) is 14.6. The maximum absolute atomic E-state index is 11.1. The van der Waals surface area contributed by atoms with E-state index in [1.807, 2.05) is 30.3 Å². The first-order valence-electron chi connectivity index (χ1n) is 5.22. The van der Waals surface area contributed by atoms with Crippen LogP contribution in [0.5, 0.6) is 0 Å². The lowest BCUT2D eigenvalue weighted by Crippen LogP contribution is -2.02. The molecular formula is C14H11ClO2. The molecule has 0 amide bonds. The van der Waals surface area contributed by atoms with Gasteiger partial charge in [0.1, 0.15) is 0 Å². The molecule has 0 heterocycles. The van der Waals surface area contributed by atoms with Gasteiger partial charge in [0.25, 0.3) is 0 Å². The Hall–Kier alpha value is -1.80. The predicted molar refractivity (Wildman–Crippen MR) is 67.7 cm³/mol. The number of hydrogen-bond donors (Lipinski definition) is 1. The molecule has 0 radical (unpaired) electrons. The molecule has 0 aliphatic heterocycles. The molecule has 0 spiro atoms. The van der Waals surface area contributed by atoms with Crippen molar-refractivity contribution in [2.24, 2.45) is 0 Å². The third-order valence-corrected chi connectivity index (χ3v) is 2.77. The Morgan fingerprint density at radius 3 is 2.47 bits per heavy atom. The molecule has 0 fully saturated rings.